The molecule has 2 heterocycles. The van der Waals surface area contributed by atoms with Crippen LogP contribution in [0.25, 0.3) is 0 Å². The molecule has 0 saturated carbocycles. The van der Waals surface area contributed by atoms with Crippen molar-refractivity contribution in [3.8, 4) is 11.5 Å². The smallest absolute Gasteiger partial charge is 0.233 e. The Morgan fingerprint density at radius 2 is 1.77 bits per heavy atom. The highest BCUT2D eigenvalue weighted by atomic mass is 35.5. The van der Waals surface area contributed by atoms with E-state index in [0.717, 1.165) is 5.69 Å². The zero-order valence-corrected chi connectivity index (χ0v) is 17.4. The average Bonchev–Trinajstić information content (AvgIpc) is 3.36. The van der Waals surface area contributed by atoms with Gasteiger partial charge in [0, 0.05) is 23.9 Å². The lowest BCUT2D eigenvalue weighted by Gasteiger charge is -2.15. The zero-order chi connectivity index (χ0) is 21.3. The number of ether oxygens (including phenoxy) is 2. The van der Waals surface area contributed by atoms with Crippen LogP contribution in [0.3, 0.4) is 0 Å². The average molecular weight is 425 g/mol. The molecule has 1 aliphatic heterocycles. The van der Waals surface area contributed by atoms with E-state index in [0.29, 0.717) is 46.4 Å². The zero-order valence-electron chi connectivity index (χ0n) is 16.6. The van der Waals surface area contributed by atoms with Crippen molar-refractivity contribution >= 4 is 29.0 Å². The number of carbonyl (C=O) groups is 2. The third kappa shape index (κ3) is 3.55. The Labute approximate surface area is 179 Å². The van der Waals surface area contributed by atoms with Gasteiger partial charge in [0.2, 0.25) is 11.7 Å². The third-order valence-electron chi connectivity index (χ3n) is 5.33. The topological polar surface area (TPSA) is 69.6 Å². The van der Waals surface area contributed by atoms with Crippen LogP contribution in [0.5, 0.6) is 11.5 Å². The first-order chi connectivity index (χ1) is 14.5. The van der Waals surface area contributed by atoms with Gasteiger partial charge in [-0.1, -0.05) is 41.9 Å². The number of benzene rings is 2. The fourth-order valence-corrected chi connectivity index (χ4v) is 4.06. The highest BCUT2D eigenvalue weighted by molar-refractivity contribution is 6.32. The number of methoxy groups -OCH3 is 2. The molecule has 1 N–H and O–H groups in total. The molecule has 1 amide bonds. The SMILES string of the molecule is COc1cc(OC)c(NC(=O)[C@@H]2CCn3c(C(=O)c4ccccc4)ccc32)cc1Cl. The van der Waals surface area contributed by atoms with E-state index in [2.05, 4.69) is 5.32 Å². The minimum atomic E-state index is -0.368. The van der Waals surface area contributed by atoms with Crippen molar-refractivity contribution in [2.24, 2.45) is 0 Å². The summed E-state index contributed by atoms with van der Waals surface area (Å²) in [5.41, 5.74) is 2.52. The molecule has 0 aliphatic carbocycles. The Balaban J connectivity index is 1.57. The Hall–Kier alpha value is -3.25. The molecule has 4 rings (SSSR count). The summed E-state index contributed by atoms with van der Waals surface area (Å²) < 4.78 is 12.5. The van der Waals surface area contributed by atoms with Crippen molar-refractivity contribution in [3.05, 3.63) is 76.6 Å². The molecule has 0 radical (unpaired) electrons. The molecular formula is C23H21ClN2O4. The number of nitrogens with one attached hydrogen (secondary N) is 1. The van der Waals surface area contributed by atoms with Gasteiger partial charge in [0.05, 0.1) is 36.5 Å². The van der Waals surface area contributed by atoms with Crippen molar-refractivity contribution in [1.29, 1.82) is 0 Å². The van der Waals surface area contributed by atoms with E-state index in [-0.39, 0.29) is 17.6 Å². The third-order valence-corrected chi connectivity index (χ3v) is 5.63. The maximum atomic E-state index is 13.0. The molecule has 154 valence electrons. The van der Waals surface area contributed by atoms with E-state index in [1.165, 1.54) is 14.2 Å². The number of hydrogen-bond acceptors (Lipinski definition) is 4. The predicted molar refractivity (Wildman–Crippen MR) is 115 cm³/mol. The highest BCUT2D eigenvalue weighted by Crippen LogP contribution is 2.38. The van der Waals surface area contributed by atoms with Gasteiger partial charge in [0.15, 0.2) is 0 Å². The van der Waals surface area contributed by atoms with Gasteiger partial charge in [0.25, 0.3) is 0 Å². The number of ketones is 1. The van der Waals surface area contributed by atoms with Gasteiger partial charge < -0.3 is 19.4 Å². The second kappa shape index (κ2) is 8.24. The first-order valence-corrected chi connectivity index (χ1v) is 9.93. The van der Waals surface area contributed by atoms with Gasteiger partial charge in [0.1, 0.15) is 11.5 Å². The normalized spacial score (nSPS) is 14.8. The summed E-state index contributed by atoms with van der Waals surface area (Å²) in [6, 6.07) is 16.0. The van der Waals surface area contributed by atoms with Crippen LogP contribution in [-0.2, 0) is 11.3 Å². The number of anilines is 1. The van der Waals surface area contributed by atoms with E-state index in [9.17, 15) is 9.59 Å². The molecule has 2 aromatic carbocycles. The number of halogens is 1. The van der Waals surface area contributed by atoms with Crippen LogP contribution >= 0.6 is 11.6 Å². The van der Waals surface area contributed by atoms with Gasteiger partial charge >= 0.3 is 0 Å². The summed E-state index contributed by atoms with van der Waals surface area (Å²) in [5.74, 6) is 0.327. The Morgan fingerprint density at radius 1 is 1.03 bits per heavy atom. The van der Waals surface area contributed by atoms with Crippen LogP contribution in [0.1, 0.15) is 34.1 Å². The molecular weight excluding hydrogens is 404 g/mol. The van der Waals surface area contributed by atoms with Crippen molar-refractivity contribution in [2.45, 2.75) is 18.9 Å². The van der Waals surface area contributed by atoms with Crippen LogP contribution in [0.4, 0.5) is 5.69 Å². The number of aromatic nitrogens is 1. The van der Waals surface area contributed by atoms with Crippen molar-refractivity contribution in [1.82, 2.24) is 4.57 Å². The Morgan fingerprint density at radius 3 is 2.47 bits per heavy atom. The minimum Gasteiger partial charge on any atom is -0.495 e. The second-order valence-electron chi connectivity index (χ2n) is 7.01. The molecule has 3 aromatic rings. The molecule has 0 fully saturated rings. The Bertz CT molecular complexity index is 1110. The lowest BCUT2D eigenvalue weighted by atomic mass is 10.0. The number of amides is 1. The standard InChI is InChI=1S/C23H21ClN2O4/c1-29-20-13-21(30-2)17(12-16(20)24)25-23(28)15-10-11-26-18(15)8-9-19(26)22(27)14-6-4-3-5-7-14/h3-9,12-13,15H,10-11H2,1-2H3,(H,25,28)/t15-/m1/s1. The molecule has 0 spiro atoms. The van der Waals surface area contributed by atoms with Crippen LogP contribution in [0.15, 0.2) is 54.6 Å². The van der Waals surface area contributed by atoms with Crippen molar-refractivity contribution in [3.63, 3.8) is 0 Å². The van der Waals surface area contributed by atoms with Crippen LogP contribution in [-0.4, -0.2) is 30.5 Å². The maximum absolute atomic E-state index is 13.0. The van der Waals surface area contributed by atoms with Crippen LogP contribution in [0.2, 0.25) is 5.02 Å². The summed E-state index contributed by atoms with van der Waals surface area (Å²) >= 11 is 6.21. The number of rotatable bonds is 6. The summed E-state index contributed by atoms with van der Waals surface area (Å²) in [5, 5.41) is 3.28. The lowest BCUT2D eigenvalue weighted by Crippen LogP contribution is -2.20. The molecule has 1 aliphatic rings. The first-order valence-electron chi connectivity index (χ1n) is 9.55. The maximum Gasteiger partial charge on any atom is 0.233 e. The van der Waals surface area contributed by atoms with E-state index < -0.39 is 0 Å². The summed E-state index contributed by atoms with van der Waals surface area (Å²) in [7, 11) is 3.03. The van der Waals surface area contributed by atoms with E-state index in [4.69, 9.17) is 21.1 Å². The van der Waals surface area contributed by atoms with Gasteiger partial charge in [-0.05, 0) is 24.6 Å². The molecule has 1 atom stereocenters. The van der Waals surface area contributed by atoms with Crippen LogP contribution in [0, 0.1) is 0 Å². The molecule has 0 unspecified atom stereocenters. The quantitative estimate of drug-likeness (QED) is 0.591. The summed E-state index contributed by atoms with van der Waals surface area (Å²) in [6.07, 6.45) is 0.614. The van der Waals surface area contributed by atoms with E-state index >= 15 is 0 Å². The fourth-order valence-electron chi connectivity index (χ4n) is 3.82. The van der Waals surface area contributed by atoms with E-state index in [1.54, 1.807) is 30.3 Å². The molecule has 6 nitrogen and oxygen atoms in total. The largest absolute Gasteiger partial charge is 0.495 e. The first kappa shape index (κ1) is 20.0. The number of nitrogens with zero attached hydrogens (tertiary/aromatic N) is 1. The molecule has 30 heavy (non-hydrogen) atoms. The van der Waals surface area contributed by atoms with Gasteiger partial charge in [-0.3, -0.25) is 9.59 Å². The molecule has 1 aromatic heterocycles. The monoisotopic (exact) mass is 424 g/mol. The summed E-state index contributed by atoms with van der Waals surface area (Å²) in [4.78, 5) is 25.9. The van der Waals surface area contributed by atoms with Gasteiger partial charge in [-0.15, -0.1) is 0 Å². The fraction of sp³-hybridized carbons (Fsp3) is 0.217. The van der Waals surface area contributed by atoms with Gasteiger partial charge in [-0.25, -0.2) is 0 Å². The second-order valence-corrected chi connectivity index (χ2v) is 7.41. The van der Waals surface area contributed by atoms with Crippen molar-refractivity contribution < 1.29 is 19.1 Å². The number of carbonyl (C=O) groups excluding carboxylic acids is 2. The number of fused-ring (bicyclic) bond motifs is 1. The van der Waals surface area contributed by atoms with Gasteiger partial charge in [-0.2, -0.15) is 0 Å². The lowest BCUT2D eigenvalue weighted by molar-refractivity contribution is -0.117. The Kier molecular flexibility index (Phi) is 5.50. The highest BCUT2D eigenvalue weighted by Gasteiger charge is 2.32. The summed E-state index contributed by atoms with van der Waals surface area (Å²) in [6.45, 7) is 0.606. The minimum absolute atomic E-state index is 0.0495. The van der Waals surface area contributed by atoms with E-state index in [1.807, 2.05) is 28.8 Å². The molecule has 0 bridgehead atoms. The number of hydrogen-bond donors (Lipinski definition) is 1. The predicted octanol–water partition coefficient (Wildman–Crippen LogP) is 4.52. The molecule has 0 saturated heterocycles. The molecule has 7 heteroatoms. The van der Waals surface area contributed by atoms with Crippen molar-refractivity contribution in [2.75, 3.05) is 19.5 Å². The van der Waals surface area contributed by atoms with Crippen LogP contribution < -0.4 is 14.8 Å².